The van der Waals surface area contributed by atoms with E-state index in [4.69, 9.17) is 5.73 Å². The molecule has 1 saturated heterocycles. The van der Waals surface area contributed by atoms with Gasteiger partial charge in [-0.25, -0.2) is 8.42 Å². The van der Waals surface area contributed by atoms with Crippen LogP contribution in [0.25, 0.3) is 0 Å². The van der Waals surface area contributed by atoms with E-state index in [1.165, 1.54) is 0 Å². The van der Waals surface area contributed by atoms with Crippen molar-refractivity contribution in [3.63, 3.8) is 0 Å². The van der Waals surface area contributed by atoms with Gasteiger partial charge in [-0.05, 0) is 32.9 Å². The van der Waals surface area contributed by atoms with Crippen molar-refractivity contribution in [3.8, 4) is 0 Å². The van der Waals surface area contributed by atoms with Gasteiger partial charge >= 0.3 is 0 Å². The summed E-state index contributed by atoms with van der Waals surface area (Å²) in [6, 6.07) is 0.173. The maximum Gasteiger partial charge on any atom is 0.153 e. The summed E-state index contributed by atoms with van der Waals surface area (Å²) < 4.78 is 22.6. The van der Waals surface area contributed by atoms with Crippen LogP contribution < -0.4 is 5.73 Å². The summed E-state index contributed by atoms with van der Waals surface area (Å²) in [5, 5.41) is 0. The van der Waals surface area contributed by atoms with Crippen LogP contribution in [0.4, 0.5) is 0 Å². The van der Waals surface area contributed by atoms with Crippen LogP contribution in [0.1, 0.15) is 19.8 Å². The molecule has 1 unspecified atom stereocenters. The molecule has 1 aliphatic heterocycles. The lowest BCUT2D eigenvalue weighted by Crippen LogP contribution is -2.47. The van der Waals surface area contributed by atoms with Gasteiger partial charge in [0.1, 0.15) is 0 Å². The van der Waals surface area contributed by atoms with E-state index in [0.717, 1.165) is 25.9 Å². The molecule has 4 nitrogen and oxygen atoms in total. The number of nitrogens with zero attached hydrogens (tertiary/aromatic N) is 1. The van der Waals surface area contributed by atoms with Crippen molar-refractivity contribution in [2.24, 2.45) is 5.73 Å². The second-order valence-corrected chi connectivity index (χ2v) is 6.22. The van der Waals surface area contributed by atoms with E-state index in [1.54, 1.807) is 0 Å². The summed E-state index contributed by atoms with van der Waals surface area (Å²) in [6.45, 7) is 4.38. The lowest BCUT2D eigenvalue weighted by atomic mass is 10.2. The van der Waals surface area contributed by atoms with Crippen molar-refractivity contribution in [3.05, 3.63) is 0 Å². The molecular formula is C9H20N2O2S. The molecule has 0 aromatic heterocycles. The van der Waals surface area contributed by atoms with Crippen LogP contribution in [-0.4, -0.2) is 50.5 Å². The van der Waals surface area contributed by atoms with Crippen LogP contribution >= 0.6 is 0 Å². The molecule has 84 valence electrons. The van der Waals surface area contributed by atoms with Crippen molar-refractivity contribution < 1.29 is 8.42 Å². The van der Waals surface area contributed by atoms with Gasteiger partial charge in [0.25, 0.3) is 0 Å². The fraction of sp³-hybridized carbons (Fsp3) is 1.00. The lowest BCUT2D eigenvalue weighted by molar-refractivity contribution is 0.223. The van der Waals surface area contributed by atoms with Crippen LogP contribution in [0, 0.1) is 0 Å². The Hall–Kier alpha value is -0.130. The summed E-state index contributed by atoms with van der Waals surface area (Å²) in [6.07, 6.45) is 2.09. The largest absolute Gasteiger partial charge is 0.330 e. The van der Waals surface area contributed by atoms with E-state index in [9.17, 15) is 8.42 Å². The van der Waals surface area contributed by atoms with Crippen LogP contribution in [0.15, 0.2) is 0 Å². The molecule has 14 heavy (non-hydrogen) atoms. The maximum absolute atomic E-state index is 11.3. The van der Waals surface area contributed by atoms with Crippen molar-refractivity contribution in [2.75, 3.05) is 31.1 Å². The number of nitrogens with two attached hydrogens (primary N) is 1. The summed E-state index contributed by atoms with van der Waals surface area (Å²) in [5.41, 5.74) is 5.41. The highest BCUT2D eigenvalue weighted by Crippen LogP contribution is 2.11. The van der Waals surface area contributed by atoms with Gasteiger partial charge in [-0.2, -0.15) is 0 Å². The molecule has 0 saturated carbocycles. The fourth-order valence-electron chi connectivity index (χ4n) is 1.82. The standard InChI is InChI=1S/C9H20N2O2S/c1-9-8-14(12,13)7-6-11(9)5-3-2-4-10/h9H,2-8,10H2,1H3. The summed E-state index contributed by atoms with van der Waals surface area (Å²) in [4.78, 5) is 2.25. The Morgan fingerprint density at radius 3 is 2.71 bits per heavy atom. The number of sulfone groups is 1. The smallest absolute Gasteiger partial charge is 0.153 e. The highest BCUT2D eigenvalue weighted by molar-refractivity contribution is 7.91. The second-order valence-electron chi connectivity index (χ2n) is 4.00. The van der Waals surface area contributed by atoms with Gasteiger partial charge in [0.05, 0.1) is 11.5 Å². The molecule has 1 heterocycles. The molecule has 1 rings (SSSR count). The highest BCUT2D eigenvalue weighted by Gasteiger charge is 2.27. The Morgan fingerprint density at radius 2 is 2.14 bits per heavy atom. The van der Waals surface area contributed by atoms with Crippen molar-refractivity contribution in [1.82, 2.24) is 4.90 Å². The minimum absolute atomic E-state index is 0.173. The predicted octanol–water partition coefficient (Wildman–Crippen LogP) is -0.156. The number of rotatable bonds is 4. The molecule has 0 radical (unpaired) electrons. The van der Waals surface area contributed by atoms with Crippen molar-refractivity contribution in [2.45, 2.75) is 25.8 Å². The van der Waals surface area contributed by atoms with Gasteiger partial charge in [-0.3, -0.25) is 4.90 Å². The Bertz CT molecular complexity index is 264. The zero-order valence-electron chi connectivity index (χ0n) is 8.78. The monoisotopic (exact) mass is 220 g/mol. The Labute approximate surface area is 86.4 Å². The number of unbranched alkanes of at least 4 members (excludes halogenated alkanes) is 1. The quantitative estimate of drug-likeness (QED) is 0.669. The van der Waals surface area contributed by atoms with E-state index in [0.29, 0.717) is 18.1 Å². The third kappa shape index (κ3) is 3.55. The Morgan fingerprint density at radius 1 is 1.43 bits per heavy atom. The van der Waals surface area contributed by atoms with E-state index in [1.807, 2.05) is 6.92 Å². The summed E-state index contributed by atoms with van der Waals surface area (Å²) in [5.74, 6) is 0.635. The Balaban J connectivity index is 2.35. The highest BCUT2D eigenvalue weighted by atomic mass is 32.2. The van der Waals surface area contributed by atoms with E-state index >= 15 is 0 Å². The second kappa shape index (κ2) is 5.09. The molecule has 2 N–H and O–H groups in total. The van der Waals surface area contributed by atoms with Gasteiger partial charge in [0.2, 0.25) is 0 Å². The molecule has 0 amide bonds. The zero-order chi connectivity index (χ0) is 10.6. The topological polar surface area (TPSA) is 63.4 Å². The molecule has 1 aliphatic rings. The summed E-state index contributed by atoms with van der Waals surface area (Å²) in [7, 11) is -2.76. The molecule has 1 atom stereocenters. The predicted molar refractivity (Wildman–Crippen MR) is 58.0 cm³/mol. The Kier molecular flexibility index (Phi) is 4.34. The van der Waals surface area contributed by atoms with Gasteiger partial charge < -0.3 is 5.73 Å². The summed E-state index contributed by atoms with van der Waals surface area (Å²) >= 11 is 0. The van der Waals surface area contributed by atoms with Gasteiger partial charge in [-0.1, -0.05) is 0 Å². The number of hydrogen-bond donors (Lipinski definition) is 1. The van der Waals surface area contributed by atoms with Crippen LogP contribution in [-0.2, 0) is 9.84 Å². The molecule has 0 bridgehead atoms. The van der Waals surface area contributed by atoms with E-state index in [-0.39, 0.29) is 6.04 Å². The van der Waals surface area contributed by atoms with Crippen LogP contribution in [0.5, 0.6) is 0 Å². The minimum Gasteiger partial charge on any atom is -0.330 e. The van der Waals surface area contributed by atoms with Gasteiger partial charge in [0, 0.05) is 12.6 Å². The molecular weight excluding hydrogens is 200 g/mol. The average Bonchev–Trinajstić information content (AvgIpc) is 2.08. The average molecular weight is 220 g/mol. The molecule has 0 spiro atoms. The SMILES string of the molecule is CC1CS(=O)(=O)CCN1CCCCN. The van der Waals surface area contributed by atoms with E-state index < -0.39 is 9.84 Å². The van der Waals surface area contributed by atoms with Gasteiger partial charge in [0.15, 0.2) is 9.84 Å². The van der Waals surface area contributed by atoms with Gasteiger partial charge in [-0.15, -0.1) is 0 Å². The third-order valence-corrected chi connectivity index (χ3v) is 4.50. The normalized spacial score (nSPS) is 27.7. The lowest BCUT2D eigenvalue weighted by Gasteiger charge is -2.32. The first-order valence-electron chi connectivity index (χ1n) is 5.20. The maximum atomic E-state index is 11.3. The van der Waals surface area contributed by atoms with E-state index in [2.05, 4.69) is 4.90 Å². The molecule has 5 heteroatoms. The first kappa shape index (κ1) is 11.9. The van der Waals surface area contributed by atoms with Crippen molar-refractivity contribution >= 4 is 9.84 Å². The van der Waals surface area contributed by atoms with Crippen molar-refractivity contribution in [1.29, 1.82) is 0 Å². The molecule has 0 aliphatic carbocycles. The minimum atomic E-state index is -2.76. The fourth-order valence-corrected chi connectivity index (χ4v) is 3.45. The molecule has 0 aromatic rings. The zero-order valence-corrected chi connectivity index (χ0v) is 9.59. The first-order valence-corrected chi connectivity index (χ1v) is 7.02. The molecule has 1 fully saturated rings. The van der Waals surface area contributed by atoms with Crippen LogP contribution in [0.2, 0.25) is 0 Å². The number of hydrogen-bond acceptors (Lipinski definition) is 4. The van der Waals surface area contributed by atoms with Crippen LogP contribution in [0.3, 0.4) is 0 Å². The first-order chi connectivity index (χ1) is 6.55. The molecule has 0 aromatic carbocycles. The third-order valence-electron chi connectivity index (χ3n) is 2.71.